The van der Waals surface area contributed by atoms with E-state index in [1.807, 2.05) is 0 Å². The van der Waals surface area contributed by atoms with Crippen molar-refractivity contribution in [3.63, 3.8) is 0 Å². The molecule has 88 valence electrons. The Hall–Kier alpha value is -1.69. The second kappa shape index (κ2) is 3.96. The fraction of sp³-hybridized carbons (Fsp3) is 0.111. The van der Waals surface area contributed by atoms with Crippen LogP contribution in [-0.2, 0) is 20.3 Å². The molecule has 1 aliphatic heterocycles. The van der Waals surface area contributed by atoms with Crippen LogP contribution in [0.5, 0.6) is 5.75 Å². The molecular weight excluding hydrogens is 268 g/mol. The molecule has 0 bridgehead atoms. The molecule has 0 saturated heterocycles. The van der Waals surface area contributed by atoms with Crippen LogP contribution in [0.1, 0.15) is 5.56 Å². The molecular formula is C9H5ClN2O4S. The first kappa shape index (κ1) is 11.8. The molecule has 1 aliphatic rings. The lowest BCUT2D eigenvalue weighted by atomic mass is 10.1. The molecule has 0 unspecified atom stereocenters. The zero-order valence-electron chi connectivity index (χ0n) is 8.25. The molecule has 0 spiro atoms. The molecule has 17 heavy (non-hydrogen) atoms. The molecule has 6 nitrogen and oxygen atoms in total. The van der Waals surface area contributed by atoms with E-state index in [1.165, 1.54) is 18.2 Å². The van der Waals surface area contributed by atoms with Gasteiger partial charge >= 0.3 is 11.7 Å². The van der Waals surface area contributed by atoms with Crippen molar-refractivity contribution in [2.24, 2.45) is 0 Å². The zero-order valence-corrected chi connectivity index (χ0v) is 9.83. The van der Waals surface area contributed by atoms with Crippen LogP contribution < -0.4 is 4.74 Å². The van der Waals surface area contributed by atoms with Gasteiger partial charge in [0.15, 0.2) is 0 Å². The van der Waals surface area contributed by atoms with Gasteiger partial charge in [0.25, 0.3) is 9.05 Å². The Labute approximate surface area is 101 Å². The second-order valence-corrected chi connectivity index (χ2v) is 5.89. The maximum Gasteiger partial charge on any atom is 0.422 e. The number of hydrogen-bond donors (Lipinski definition) is 0. The van der Waals surface area contributed by atoms with E-state index in [-0.39, 0.29) is 22.8 Å². The van der Waals surface area contributed by atoms with Crippen LogP contribution in [0, 0.1) is 0 Å². The van der Waals surface area contributed by atoms with Crippen LogP contribution in [0.3, 0.4) is 0 Å². The maximum atomic E-state index is 11.2. The van der Waals surface area contributed by atoms with Crippen LogP contribution in [0.2, 0.25) is 0 Å². The monoisotopic (exact) mass is 272 g/mol. The topological polar surface area (TPSA) is 96.8 Å². The largest absolute Gasteiger partial charge is 0.422 e. The van der Waals surface area contributed by atoms with Gasteiger partial charge in [-0.25, -0.2) is 13.2 Å². The molecule has 0 N–H and O–H groups in total. The quantitative estimate of drug-likeness (QED) is 0.248. The number of halogens is 1. The molecule has 0 aliphatic carbocycles. The minimum absolute atomic E-state index is 0.00901. The molecule has 8 heteroatoms. The van der Waals surface area contributed by atoms with Crippen molar-refractivity contribution < 1.29 is 22.7 Å². The Bertz CT molecular complexity index is 662. The highest BCUT2D eigenvalue weighted by molar-refractivity contribution is 8.13. The summed E-state index contributed by atoms with van der Waals surface area (Å²) in [7, 11) is 1.34. The van der Waals surface area contributed by atoms with Crippen molar-refractivity contribution in [1.82, 2.24) is 0 Å². The summed E-state index contributed by atoms with van der Waals surface area (Å²) in [6, 6.07) is 3.83. The maximum absolute atomic E-state index is 11.2. The van der Waals surface area contributed by atoms with Crippen molar-refractivity contribution >= 4 is 31.4 Å². The first-order chi connectivity index (χ1) is 7.91. The lowest BCUT2D eigenvalue weighted by molar-refractivity contribution is -0.132. The van der Waals surface area contributed by atoms with E-state index in [1.54, 1.807) is 0 Å². The van der Waals surface area contributed by atoms with Gasteiger partial charge in [-0.05, 0) is 18.2 Å². The Balaban J connectivity index is 2.55. The number of ether oxygens (including phenoxy) is 1. The summed E-state index contributed by atoms with van der Waals surface area (Å²) in [5, 5.41) is 0. The van der Waals surface area contributed by atoms with E-state index in [0.717, 1.165) is 0 Å². The number of carbonyl (C=O) groups is 1. The molecule has 0 aromatic heterocycles. The number of nitrogens with zero attached hydrogens (tertiary/aromatic N) is 2. The fourth-order valence-electron chi connectivity index (χ4n) is 1.43. The molecule has 1 aromatic carbocycles. The van der Waals surface area contributed by atoms with E-state index in [4.69, 9.17) is 21.0 Å². The van der Waals surface area contributed by atoms with Gasteiger partial charge in [-0.15, -0.1) is 0 Å². The number of fused-ring (bicyclic) bond motifs is 1. The van der Waals surface area contributed by atoms with E-state index >= 15 is 0 Å². The average molecular weight is 273 g/mol. The van der Waals surface area contributed by atoms with Crippen molar-refractivity contribution in [2.45, 2.75) is 11.3 Å². The second-order valence-electron chi connectivity index (χ2n) is 3.32. The third-order valence-electron chi connectivity index (χ3n) is 2.23. The smallest absolute Gasteiger partial charge is 0.418 e. The lowest BCUT2D eigenvalue weighted by Crippen LogP contribution is -2.28. The van der Waals surface area contributed by atoms with E-state index in [9.17, 15) is 13.2 Å². The molecule has 0 atom stereocenters. The normalized spacial score (nSPS) is 14.9. The number of benzene rings is 1. The van der Waals surface area contributed by atoms with Crippen molar-refractivity contribution in [3.8, 4) is 5.75 Å². The lowest BCUT2D eigenvalue weighted by Gasteiger charge is -2.12. The minimum Gasteiger partial charge on any atom is -0.418 e. The number of esters is 1. The highest BCUT2D eigenvalue weighted by atomic mass is 35.7. The van der Waals surface area contributed by atoms with E-state index < -0.39 is 15.0 Å². The summed E-state index contributed by atoms with van der Waals surface area (Å²) in [5.41, 5.74) is 8.78. The number of carbonyl (C=O) groups excluding carboxylic acids is 1. The summed E-state index contributed by atoms with van der Waals surface area (Å²) in [6.45, 7) is 0. The fourth-order valence-corrected chi connectivity index (χ4v) is 2.23. The minimum atomic E-state index is -3.84. The number of rotatable bonds is 1. The molecule has 0 amide bonds. The summed E-state index contributed by atoms with van der Waals surface area (Å²) < 4.78 is 27.1. The van der Waals surface area contributed by atoms with Crippen molar-refractivity contribution in [1.29, 1.82) is 0 Å². The first-order valence-electron chi connectivity index (χ1n) is 4.42. The zero-order chi connectivity index (χ0) is 12.6. The molecule has 0 fully saturated rings. The van der Waals surface area contributed by atoms with Gasteiger partial charge in [0.2, 0.25) is 0 Å². The first-order valence-corrected chi connectivity index (χ1v) is 6.73. The predicted molar refractivity (Wildman–Crippen MR) is 57.4 cm³/mol. The third-order valence-corrected chi connectivity index (χ3v) is 3.58. The van der Waals surface area contributed by atoms with Crippen LogP contribution in [0.25, 0.3) is 5.53 Å². The molecule has 1 heterocycles. The number of hydrogen-bond acceptors (Lipinski definition) is 4. The third kappa shape index (κ3) is 2.21. The molecule has 1 aromatic rings. The highest BCUT2D eigenvalue weighted by Crippen LogP contribution is 2.27. The standard InChI is InChI=1S/C9H5ClN2O4S/c10-17(14,15)6-1-2-8-5(3-6)4-7(12-11)9(13)16-8/h1-3H,4H2. The SMILES string of the molecule is [N-]=[N+]=C1Cc2cc(S(=O)(=O)Cl)ccc2OC1=O. The Morgan fingerprint density at radius 3 is 2.71 bits per heavy atom. The average Bonchev–Trinajstić information content (AvgIpc) is 2.26. The van der Waals surface area contributed by atoms with Gasteiger partial charge in [-0.2, -0.15) is 4.79 Å². The van der Waals surface area contributed by atoms with Crippen LogP contribution in [0.4, 0.5) is 0 Å². The Morgan fingerprint density at radius 1 is 1.41 bits per heavy atom. The molecule has 0 radical (unpaired) electrons. The van der Waals surface area contributed by atoms with Gasteiger partial charge in [0.05, 0.1) is 11.3 Å². The molecule has 0 saturated carbocycles. The van der Waals surface area contributed by atoms with Gasteiger partial charge in [0.1, 0.15) is 5.75 Å². The Kier molecular flexibility index (Phi) is 2.74. The summed E-state index contributed by atoms with van der Waals surface area (Å²) in [4.78, 5) is 13.9. The van der Waals surface area contributed by atoms with Gasteiger partial charge in [-0.1, -0.05) is 0 Å². The van der Waals surface area contributed by atoms with E-state index in [0.29, 0.717) is 5.56 Å². The van der Waals surface area contributed by atoms with E-state index in [2.05, 4.69) is 4.79 Å². The van der Waals surface area contributed by atoms with Crippen LogP contribution in [0.15, 0.2) is 23.1 Å². The summed E-state index contributed by atoms with van der Waals surface area (Å²) in [5.74, 6) is -0.534. The molecule has 2 rings (SSSR count). The highest BCUT2D eigenvalue weighted by Gasteiger charge is 2.31. The van der Waals surface area contributed by atoms with Gasteiger partial charge in [0, 0.05) is 16.2 Å². The van der Waals surface area contributed by atoms with Crippen molar-refractivity contribution in [2.75, 3.05) is 0 Å². The van der Waals surface area contributed by atoms with Gasteiger partial charge in [-0.3, -0.25) is 0 Å². The predicted octanol–water partition coefficient (Wildman–Crippen LogP) is 0.746. The summed E-state index contributed by atoms with van der Waals surface area (Å²) >= 11 is 0. The summed E-state index contributed by atoms with van der Waals surface area (Å²) in [6.07, 6.45) is -0.00901. The Morgan fingerprint density at radius 2 is 2.12 bits per heavy atom. The van der Waals surface area contributed by atoms with Crippen LogP contribution >= 0.6 is 10.7 Å². The van der Waals surface area contributed by atoms with Crippen molar-refractivity contribution in [3.05, 3.63) is 29.3 Å². The van der Waals surface area contributed by atoms with Crippen LogP contribution in [-0.4, -0.2) is 24.9 Å². The van der Waals surface area contributed by atoms with Gasteiger partial charge < -0.3 is 10.3 Å².